The van der Waals surface area contributed by atoms with E-state index in [1.807, 2.05) is 20.8 Å². The molecule has 16 heavy (non-hydrogen) atoms. The lowest BCUT2D eigenvalue weighted by atomic mass is 9.96. The third kappa shape index (κ3) is 4.75. The average molecular weight is 228 g/mol. The van der Waals surface area contributed by atoms with Gasteiger partial charge in [-0.05, 0) is 39.5 Å². The molecule has 4 heteroatoms. The molecule has 0 radical (unpaired) electrons. The number of hydrogen-bond acceptors (Lipinski definition) is 4. The van der Waals surface area contributed by atoms with Crippen LogP contribution in [0.3, 0.4) is 0 Å². The summed E-state index contributed by atoms with van der Waals surface area (Å²) in [6, 6.07) is 0. The van der Waals surface area contributed by atoms with Crippen molar-refractivity contribution in [3.8, 4) is 0 Å². The summed E-state index contributed by atoms with van der Waals surface area (Å²) in [6.07, 6.45) is 2.47. The van der Waals surface area contributed by atoms with Crippen molar-refractivity contribution in [2.24, 2.45) is 5.92 Å². The Labute approximate surface area is 96.3 Å². The maximum atomic E-state index is 11.5. The van der Waals surface area contributed by atoms with Gasteiger partial charge < -0.3 is 14.3 Å². The highest BCUT2D eigenvalue weighted by atomic mass is 16.6. The van der Waals surface area contributed by atoms with Crippen molar-refractivity contribution in [2.45, 2.75) is 51.7 Å². The number of carbonyl (C=O) groups is 2. The van der Waals surface area contributed by atoms with Crippen LogP contribution < -0.4 is 0 Å². The molecule has 0 aromatic carbocycles. The quantitative estimate of drug-likeness (QED) is 0.545. The standard InChI is InChI=1S/C12H20O4/c1-12(2,3)16-11(14)6-9-4-5-10(7-13)15-8-9/h7,9-10H,4-6,8H2,1-3H3/t9-,10-/m0/s1. The van der Waals surface area contributed by atoms with Gasteiger partial charge in [0.2, 0.25) is 0 Å². The molecule has 1 rings (SSSR count). The average Bonchev–Trinajstić information content (AvgIpc) is 2.16. The van der Waals surface area contributed by atoms with Crippen molar-refractivity contribution in [2.75, 3.05) is 6.61 Å². The number of ether oxygens (including phenoxy) is 2. The minimum atomic E-state index is -0.433. The van der Waals surface area contributed by atoms with Crippen molar-refractivity contribution in [3.05, 3.63) is 0 Å². The Balaban J connectivity index is 2.28. The molecule has 1 saturated heterocycles. The van der Waals surface area contributed by atoms with Gasteiger partial charge in [0.1, 0.15) is 18.0 Å². The number of hydrogen-bond donors (Lipinski definition) is 0. The topological polar surface area (TPSA) is 52.6 Å². The first-order valence-electron chi connectivity index (χ1n) is 5.69. The van der Waals surface area contributed by atoms with E-state index >= 15 is 0 Å². The molecule has 0 aliphatic carbocycles. The normalized spacial score (nSPS) is 26.2. The third-order valence-corrected chi connectivity index (χ3v) is 2.43. The predicted octanol–water partition coefficient (Wildman–Crippen LogP) is 1.71. The maximum absolute atomic E-state index is 11.5. The minimum absolute atomic E-state index is 0.186. The van der Waals surface area contributed by atoms with Crippen molar-refractivity contribution in [3.63, 3.8) is 0 Å². The Morgan fingerprint density at radius 3 is 2.56 bits per heavy atom. The number of esters is 1. The Kier molecular flexibility index (Phi) is 4.47. The second-order valence-electron chi connectivity index (χ2n) is 5.24. The Hall–Kier alpha value is -0.900. The van der Waals surface area contributed by atoms with E-state index in [1.165, 1.54) is 0 Å². The summed E-state index contributed by atoms with van der Waals surface area (Å²) in [5, 5.41) is 0. The first kappa shape index (κ1) is 13.2. The van der Waals surface area contributed by atoms with Crippen LogP contribution in [0.5, 0.6) is 0 Å². The van der Waals surface area contributed by atoms with Gasteiger partial charge in [-0.2, -0.15) is 0 Å². The van der Waals surface area contributed by atoms with Crippen molar-refractivity contribution >= 4 is 12.3 Å². The van der Waals surface area contributed by atoms with E-state index < -0.39 is 5.60 Å². The van der Waals surface area contributed by atoms with E-state index in [1.54, 1.807) is 0 Å². The summed E-state index contributed by atoms with van der Waals surface area (Å²) in [5.41, 5.74) is -0.433. The van der Waals surface area contributed by atoms with Gasteiger partial charge in [-0.25, -0.2) is 0 Å². The zero-order valence-electron chi connectivity index (χ0n) is 10.2. The van der Waals surface area contributed by atoms with Crippen LogP contribution in [0.1, 0.15) is 40.0 Å². The third-order valence-electron chi connectivity index (χ3n) is 2.43. The monoisotopic (exact) mass is 228 g/mol. The zero-order chi connectivity index (χ0) is 12.2. The van der Waals surface area contributed by atoms with Crippen LogP contribution in [0.25, 0.3) is 0 Å². The fraction of sp³-hybridized carbons (Fsp3) is 0.833. The molecule has 1 fully saturated rings. The first-order chi connectivity index (χ1) is 7.40. The molecule has 92 valence electrons. The Bertz CT molecular complexity index is 246. The maximum Gasteiger partial charge on any atom is 0.306 e. The predicted molar refractivity (Wildman–Crippen MR) is 59.0 cm³/mol. The van der Waals surface area contributed by atoms with Crippen LogP contribution in [0.4, 0.5) is 0 Å². The SMILES string of the molecule is CC(C)(C)OC(=O)C[C@@H]1CC[C@@H](C=O)OC1. The fourth-order valence-electron chi connectivity index (χ4n) is 1.71. The van der Waals surface area contributed by atoms with Crippen molar-refractivity contribution in [1.29, 1.82) is 0 Å². The second-order valence-corrected chi connectivity index (χ2v) is 5.24. The van der Waals surface area contributed by atoms with Gasteiger partial charge in [0.25, 0.3) is 0 Å². The number of rotatable bonds is 3. The molecular formula is C12H20O4. The van der Waals surface area contributed by atoms with E-state index in [0.717, 1.165) is 12.7 Å². The molecule has 1 heterocycles. The highest BCUT2D eigenvalue weighted by molar-refractivity contribution is 5.70. The smallest absolute Gasteiger partial charge is 0.306 e. The van der Waals surface area contributed by atoms with Gasteiger partial charge in [-0.1, -0.05) is 0 Å². The van der Waals surface area contributed by atoms with Crippen LogP contribution in [-0.4, -0.2) is 30.6 Å². The van der Waals surface area contributed by atoms with Crippen LogP contribution in [0.2, 0.25) is 0 Å². The lowest BCUT2D eigenvalue weighted by molar-refractivity contribution is -0.157. The molecule has 0 bridgehead atoms. The van der Waals surface area contributed by atoms with Crippen molar-refractivity contribution in [1.82, 2.24) is 0 Å². The zero-order valence-corrected chi connectivity index (χ0v) is 10.2. The highest BCUT2D eigenvalue weighted by Crippen LogP contribution is 2.22. The number of aldehydes is 1. The number of carbonyl (C=O) groups excluding carboxylic acids is 2. The van der Waals surface area contributed by atoms with E-state index in [0.29, 0.717) is 19.4 Å². The molecule has 0 saturated carbocycles. The molecule has 4 nitrogen and oxygen atoms in total. The van der Waals surface area contributed by atoms with Gasteiger partial charge in [0.15, 0.2) is 0 Å². The molecule has 0 spiro atoms. The molecule has 2 atom stereocenters. The van der Waals surface area contributed by atoms with E-state index in [-0.39, 0.29) is 18.0 Å². The highest BCUT2D eigenvalue weighted by Gasteiger charge is 2.25. The fourth-order valence-corrected chi connectivity index (χ4v) is 1.71. The summed E-state index contributed by atoms with van der Waals surface area (Å²) in [6.45, 7) is 6.03. The lowest BCUT2D eigenvalue weighted by Gasteiger charge is -2.27. The molecule has 1 aliphatic heterocycles. The summed E-state index contributed by atoms with van der Waals surface area (Å²) in [4.78, 5) is 22.0. The summed E-state index contributed by atoms with van der Waals surface area (Å²) >= 11 is 0. The lowest BCUT2D eigenvalue weighted by Crippen LogP contribution is -2.30. The van der Waals surface area contributed by atoms with Gasteiger partial charge in [0.05, 0.1) is 13.0 Å². The van der Waals surface area contributed by atoms with Crippen LogP contribution in [-0.2, 0) is 19.1 Å². The molecule has 0 N–H and O–H groups in total. The molecule has 0 amide bonds. The van der Waals surface area contributed by atoms with Gasteiger partial charge in [0, 0.05) is 0 Å². The Morgan fingerprint density at radius 1 is 1.44 bits per heavy atom. The van der Waals surface area contributed by atoms with Gasteiger partial charge in [-0.3, -0.25) is 4.79 Å². The summed E-state index contributed by atoms with van der Waals surface area (Å²) < 4.78 is 10.5. The molecule has 1 aliphatic rings. The van der Waals surface area contributed by atoms with Crippen LogP contribution in [0, 0.1) is 5.92 Å². The minimum Gasteiger partial charge on any atom is -0.460 e. The van der Waals surface area contributed by atoms with E-state index in [9.17, 15) is 9.59 Å². The summed E-state index contributed by atoms with van der Waals surface area (Å²) in [7, 11) is 0. The van der Waals surface area contributed by atoms with Crippen molar-refractivity contribution < 1.29 is 19.1 Å². The largest absolute Gasteiger partial charge is 0.460 e. The van der Waals surface area contributed by atoms with E-state index in [2.05, 4.69) is 0 Å². The van der Waals surface area contributed by atoms with Gasteiger partial charge in [-0.15, -0.1) is 0 Å². The molecule has 0 aromatic rings. The first-order valence-corrected chi connectivity index (χ1v) is 5.69. The molecular weight excluding hydrogens is 208 g/mol. The summed E-state index contributed by atoms with van der Waals surface area (Å²) in [5.74, 6) is -0.00305. The second kappa shape index (κ2) is 5.43. The van der Waals surface area contributed by atoms with Gasteiger partial charge >= 0.3 is 5.97 Å². The molecule has 0 aromatic heterocycles. The Morgan fingerprint density at radius 2 is 2.12 bits per heavy atom. The van der Waals surface area contributed by atoms with Crippen LogP contribution >= 0.6 is 0 Å². The molecule has 0 unspecified atom stereocenters. The van der Waals surface area contributed by atoms with E-state index in [4.69, 9.17) is 9.47 Å². The van der Waals surface area contributed by atoms with Crippen LogP contribution in [0.15, 0.2) is 0 Å².